The SMILES string of the molecule is COc1ccc2c(O[C@@H]3C[C@@H](C(=O)O)N(C(=O)OC(C)(C)C)C3)nc3c(c2c1)OCCN3C. The number of amides is 1. The first-order valence-electron chi connectivity index (χ1n) is 10.8. The largest absolute Gasteiger partial charge is 0.497 e. The zero-order valence-electron chi connectivity index (χ0n) is 19.5. The molecular formula is C23H29N3O7. The Labute approximate surface area is 192 Å². The number of carboxylic acids is 1. The van der Waals surface area contributed by atoms with Crippen molar-refractivity contribution in [3.05, 3.63) is 18.2 Å². The van der Waals surface area contributed by atoms with Crippen molar-refractivity contribution in [2.45, 2.75) is 44.9 Å². The molecule has 0 aliphatic carbocycles. The molecule has 1 fully saturated rings. The summed E-state index contributed by atoms with van der Waals surface area (Å²) in [6, 6.07) is 4.46. The Morgan fingerprint density at radius 3 is 2.67 bits per heavy atom. The number of carbonyl (C=O) groups is 2. The van der Waals surface area contributed by atoms with Gasteiger partial charge in [0.05, 0.1) is 20.2 Å². The number of hydrogen-bond donors (Lipinski definition) is 1. The average molecular weight is 459 g/mol. The second-order valence-corrected chi connectivity index (χ2v) is 9.21. The van der Waals surface area contributed by atoms with Gasteiger partial charge in [-0.25, -0.2) is 9.59 Å². The number of pyridine rings is 1. The second-order valence-electron chi connectivity index (χ2n) is 9.21. The van der Waals surface area contributed by atoms with Gasteiger partial charge in [-0.1, -0.05) is 0 Å². The van der Waals surface area contributed by atoms with Gasteiger partial charge >= 0.3 is 12.1 Å². The zero-order valence-corrected chi connectivity index (χ0v) is 19.5. The summed E-state index contributed by atoms with van der Waals surface area (Å²) in [4.78, 5) is 32.3. The molecule has 0 bridgehead atoms. The molecular weight excluding hydrogens is 430 g/mol. The van der Waals surface area contributed by atoms with Gasteiger partial charge in [0, 0.05) is 24.2 Å². The minimum absolute atomic E-state index is 0.0780. The number of ether oxygens (including phenoxy) is 4. The fourth-order valence-corrected chi connectivity index (χ4v) is 4.03. The van der Waals surface area contributed by atoms with E-state index in [1.807, 2.05) is 24.1 Å². The van der Waals surface area contributed by atoms with Crippen LogP contribution in [0.25, 0.3) is 10.8 Å². The first-order chi connectivity index (χ1) is 15.6. The molecule has 2 atom stereocenters. The number of carbonyl (C=O) groups excluding carboxylic acids is 1. The summed E-state index contributed by atoms with van der Waals surface area (Å²) in [5.74, 6) is 1.20. The lowest BCUT2D eigenvalue weighted by molar-refractivity contribution is -0.142. The molecule has 33 heavy (non-hydrogen) atoms. The van der Waals surface area contributed by atoms with Crippen LogP contribution in [0.3, 0.4) is 0 Å². The molecule has 0 spiro atoms. The fourth-order valence-electron chi connectivity index (χ4n) is 4.03. The maximum absolute atomic E-state index is 12.6. The van der Waals surface area contributed by atoms with E-state index in [0.717, 1.165) is 5.39 Å². The second kappa shape index (κ2) is 8.49. The number of methoxy groups -OCH3 is 1. The molecule has 2 aliphatic heterocycles. The first-order valence-corrected chi connectivity index (χ1v) is 10.8. The standard InChI is InChI=1S/C23H29N3O7/c1-23(2,3)33-22(29)26-12-14(11-17(26)21(27)28)32-20-15-7-6-13(30-5)10-16(15)18-19(24-20)25(4)8-9-31-18/h6-7,10,14,17H,8-9,11-12H2,1-5H3,(H,27,28)/t14-,17+/m1/s1. The molecule has 0 radical (unpaired) electrons. The van der Waals surface area contributed by atoms with Crippen LogP contribution in [0.4, 0.5) is 10.6 Å². The van der Waals surface area contributed by atoms with Crippen molar-refractivity contribution >= 4 is 28.7 Å². The van der Waals surface area contributed by atoms with Crippen LogP contribution in [0, 0.1) is 0 Å². The number of rotatable bonds is 4. The molecule has 1 amide bonds. The van der Waals surface area contributed by atoms with Gasteiger partial charge in [-0.3, -0.25) is 4.90 Å². The molecule has 1 aromatic carbocycles. The number of anilines is 1. The first kappa shape index (κ1) is 22.8. The van der Waals surface area contributed by atoms with E-state index in [1.54, 1.807) is 33.9 Å². The van der Waals surface area contributed by atoms with Gasteiger partial charge in [-0.2, -0.15) is 4.98 Å². The Kier molecular flexibility index (Phi) is 5.85. The van der Waals surface area contributed by atoms with Crippen LogP contribution in [0.15, 0.2) is 18.2 Å². The molecule has 2 aliphatic rings. The monoisotopic (exact) mass is 459 g/mol. The van der Waals surface area contributed by atoms with Gasteiger partial charge in [0.15, 0.2) is 11.6 Å². The molecule has 178 valence electrons. The van der Waals surface area contributed by atoms with Crippen LogP contribution in [-0.2, 0) is 9.53 Å². The number of aromatic nitrogens is 1. The number of benzene rings is 1. The lowest BCUT2D eigenvalue weighted by Crippen LogP contribution is -2.43. The molecule has 4 rings (SSSR count). The molecule has 1 aromatic heterocycles. The van der Waals surface area contributed by atoms with Crippen molar-refractivity contribution in [1.29, 1.82) is 0 Å². The van der Waals surface area contributed by atoms with E-state index in [1.165, 1.54) is 4.90 Å². The number of likely N-dealkylation sites (tertiary alicyclic amines) is 1. The van der Waals surface area contributed by atoms with E-state index in [-0.39, 0.29) is 13.0 Å². The van der Waals surface area contributed by atoms with E-state index < -0.39 is 29.8 Å². The number of hydrogen-bond acceptors (Lipinski definition) is 8. The molecule has 1 saturated heterocycles. The van der Waals surface area contributed by atoms with Gasteiger partial charge in [0.1, 0.15) is 30.1 Å². The lowest BCUT2D eigenvalue weighted by atomic mass is 10.1. The van der Waals surface area contributed by atoms with Crippen LogP contribution in [0.1, 0.15) is 27.2 Å². The summed E-state index contributed by atoms with van der Waals surface area (Å²) in [5.41, 5.74) is -0.737. The Morgan fingerprint density at radius 1 is 1.24 bits per heavy atom. The average Bonchev–Trinajstić information content (AvgIpc) is 3.17. The quantitative estimate of drug-likeness (QED) is 0.738. The molecule has 1 N–H and O–H groups in total. The number of fused-ring (bicyclic) bond motifs is 3. The van der Waals surface area contributed by atoms with Crippen molar-refractivity contribution in [3.63, 3.8) is 0 Å². The van der Waals surface area contributed by atoms with Crippen LogP contribution in [-0.4, -0.2) is 78.7 Å². The maximum Gasteiger partial charge on any atom is 0.411 e. The number of likely N-dealkylation sites (N-methyl/N-ethyl adjacent to an activating group) is 1. The fraction of sp³-hybridized carbons (Fsp3) is 0.522. The van der Waals surface area contributed by atoms with Crippen LogP contribution in [0.5, 0.6) is 17.4 Å². The topological polar surface area (TPSA) is 111 Å². The van der Waals surface area contributed by atoms with Crippen molar-refractivity contribution in [3.8, 4) is 17.4 Å². The maximum atomic E-state index is 12.6. The summed E-state index contributed by atoms with van der Waals surface area (Å²) < 4.78 is 22.9. The van der Waals surface area contributed by atoms with E-state index in [2.05, 4.69) is 0 Å². The predicted octanol–water partition coefficient (Wildman–Crippen LogP) is 2.91. The summed E-state index contributed by atoms with van der Waals surface area (Å²) in [5, 5.41) is 11.2. The van der Waals surface area contributed by atoms with Gasteiger partial charge in [-0.15, -0.1) is 0 Å². The summed E-state index contributed by atoms with van der Waals surface area (Å²) >= 11 is 0. The highest BCUT2D eigenvalue weighted by Gasteiger charge is 2.43. The third-order valence-electron chi connectivity index (χ3n) is 5.60. The Balaban J connectivity index is 1.67. The van der Waals surface area contributed by atoms with Crippen LogP contribution < -0.4 is 19.1 Å². The normalized spacial score (nSPS) is 20.3. The van der Waals surface area contributed by atoms with Gasteiger partial charge in [0.2, 0.25) is 5.88 Å². The molecule has 0 unspecified atom stereocenters. The van der Waals surface area contributed by atoms with Gasteiger partial charge < -0.3 is 29.0 Å². The van der Waals surface area contributed by atoms with Crippen LogP contribution >= 0.6 is 0 Å². The molecule has 10 nitrogen and oxygen atoms in total. The van der Waals surface area contributed by atoms with Gasteiger partial charge in [0.25, 0.3) is 0 Å². The third kappa shape index (κ3) is 4.55. The van der Waals surface area contributed by atoms with Crippen molar-refractivity contribution in [2.24, 2.45) is 0 Å². The number of nitrogens with zero attached hydrogens (tertiary/aromatic N) is 3. The zero-order chi connectivity index (χ0) is 23.9. The summed E-state index contributed by atoms with van der Waals surface area (Å²) in [6.07, 6.45) is -1.12. The van der Waals surface area contributed by atoms with Gasteiger partial charge in [-0.05, 0) is 39.0 Å². The highest BCUT2D eigenvalue weighted by molar-refractivity contribution is 5.97. The summed E-state index contributed by atoms with van der Waals surface area (Å²) in [6.45, 7) is 6.49. The van der Waals surface area contributed by atoms with E-state index >= 15 is 0 Å². The number of carboxylic acid groups (broad SMARTS) is 1. The molecule has 3 heterocycles. The van der Waals surface area contributed by atoms with E-state index in [9.17, 15) is 14.7 Å². The van der Waals surface area contributed by atoms with Crippen molar-refractivity contribution < 1.29 is 33.6 Å². The van der Waals surface area contributed by atoms with E-state index in [0.29, 0.717) is 41.7 Å². The van der Waals surface area contributed by atoms with Crippen molar-refractivity contribution in [2.75, 3.05) is 38.8 Å². The Bertz CT molecular complexity index is 1080. The molecule has 10 heteroatoms. The van der Waals surface area contributed by atoms with E-state index in [4.69, 9.17) is 23.9 Å². The molecule has 2 aromatic rings. The Morgan fingerprint density at radius 2 is 2.00 bits per heavy atom. The lowest BCUT2D eigenvalue weighted by Gasteiger charge is -2.28. The highest BCUT2D eigenvalue weighted by atomic mass is 16.6. The third-order valence-corrected chi connectivity index (χ3v) is 5.60. The highest BCUT2D eigenvalue weighted by Crippen LogP contribution is 2.42. The molecule has 0 saturated carbocycles. The minimum Gasteiger partial charge on any atom is -0.497 e. The summed E-state index contributed by atoms with van der Waals surface area (Å²) in [7, 11) is 3.51. The van der Waals surface area contributed by atoms with Crippen LogP contribution in [0.2, 0.25) is 0 Å². The smallest absolute Gasteiger partial charge is 0.411 e. The van der Waals surface area contributed by atoms with Crippen molar-refractivity contribution in [1.82, 2.24) is 9.88 Å². The number of aliphatic carboxylic acids is 1. The Hall–Kier alpha value is -3.43. The predicted molar refractivity (Wildman–Crippen MR) is 120 cm³/mol. The minimum atomic E-state index is -1.10.